The Morgan fingerprint density at radius 2 is 2.00 bits per heavy atom. The van der Waals surface area contributed by atoms with Gasteiger partial charge in [-0.2, -0.15) is 5.10 Å². The van der Waals surface area contributed by atoms with Gasteiger partial charge in [-0.1, -0.05) is 12.1 Å². The second-order valence-electron chi connectivity index (χ2n) is 7.16. The molecule has 0 spiro atoms. The summed E-state index contributed by atoms with van der Waals surface area (Å²) in [5.74, 6) is 0.649. The third kappa shape index (κ3) is 5.52. The highest BCUT2D eigenvalue weighted by molar-refractivity contribution is 9.10. The van der Waals surface area contributed by atoms with E-state index in [0.29, 0.717) is 47.9 Å². The number of benzene rings is 2. The van der Waals surface area contributed by atoms with Crippen LogP contribution in [0.2, 0.25) is 0 Å². The summed E-state index contributed by atoms with van der Waals surface area (Å²) in [6.45, 7) is 2.19. The van der Waals surface area contributed by atoms with E-state index in [1.54, 1.807) is 35.2 Å². The van der Waals surface area contributed by atoms with Gasteiger partial charge in [0.2, 0.25) is 0 Å². The first-order valence-electron chi connectivity index (χ1n) is 10.2. The molecule has 2 heterocycles. The molecule has 1 aliphatic rings. The summed E-state index contributed by atoms with van der Waals surface area (Å²) in [6, 6.07) is 12.3. The first-order chi connectivity index (χ1) is 16.0. The minimum atomic E-state index is -0.481. The molecule has 33 heavy (non-hydrogen) atoms. The first-order valence-corrected chi connectivity index (χ1v) is 11.0. The number of methoxy groups -OCH3 is 1. The number of hydrogen-bond donors (Lipinski definition) is 1. The summed E-state index contributed by atoms with van der Waals surface area (Å²) in [5, 5.41) is 4.75. The fourth-order valence-corrected chi connectivity index (χ4v) is 3.80. The molecule has 1 aromatic heterocycles. The van der Waals surface area contributed by atoms with Crippen LogP contribution in [0.5, 0.6) is 11.5 Å². The number of para-hydroxylation sites is 1. The van der Waals surface area contributed by atoms with E-state index in [-0.39, 0.29) is 18.3 Å². The number of furan rings is 1. The van der Waals surface area contributed by atoms with Gasteiger partial charge in [0.25, 0.3) is 5.91 Å². The standard InChI is InChI=1S/C23H22BrN3O6/c1-30-19-4-2-3-16-12-20(33-22(16)19)23(29)26-25-13-15-5-6-18(17(24)11-15)32-14-21(28)27-7-9-31-10-8-27/h2-6,11-13H,7-10,14H2,1H3,(H,26,29)/b25-13-. The van der Waals surface area contributed by atoms with Crippen LogP contribution in [0.15, 0.2) is 56.5 Å². The van der Waals surface area contributed by atoms with Crippen LogP contribution in [-0.4, -0.2) is 62.9 Å². The van der Waals surface area contributed by atoms with Crippen molar-refractivity contribution in [2.45, 2.75) is 0 Å². The minimum Gasteiger partial charge on any atom is -0.493 e. The maximum atomic E-state index is 12.4. The highest BCUT2D eigenvalue weighted by Crippen LogP contribution is 2.28. The lowest BCUT2D eigenvalue weighted by Gasteiger charge is -2.26. The van der Waals surface area contributed by atoms with E-state index in [4.69, 9.17) is 18.6 Å². The summed E-state index contributed by atoms with van der Waals surface area (Å²) in [5.41, 5.74) is 3.67. The number of ether oxygens (including phenoxy) is 3. The first kappa shape index (κ1) is 22.8. The van der Waals surface area contributed by atoms with Gasteiger partial charge in [0.05, 0.1) is 31.0 Å². The Morgan fingerprint density at radius 1 is 1.18 bits per heavy atom. The predicted molar refractivity (Wildman–Crippen MR) is 125 cm³/mol. The molecule has 0 bridgehead atoms. The van der Waals surface area contributed by atoms with Crippen molar-refractivity contribution < 1.29 is 28.2 Å². The van der Waals surface area contributed by atoms with E-state index in [1.165, 1.54) is 13.3 Å². The fourth-order valence-electron chi connectivity index (χ4n) is 3.29. The third-order valence-corrected chi connectivity index (χ3v) is 5.62. The monoisotopic (exact) mass is 515 g/mol. The number of nitrogens with zero attached hydrogens (tertiary/aromatic N) is 2. The zero-order chi connectivity index (χ0) is 23.2. The second kappa shape index (κ2) is 10.5. The van der Waals surface area contributed by atoms with Crippen molar-refractivity contribution in [1.82, 2.24) is 10.3 Å². The Morgan fingerprint density at radius 3 is 2.76 bits per heavy atom. The number of fused-ring (bicyclic) bond motifs is 1. The Hall–Kier alpha value is -3.37. The number of hydrogen-bond acceptors (Lipinski definition) is 7. The van der Waals surface area contributed by atoms with Crippen LogP contribution < -0.4 is 14.9 Å². The molecular weight excluding hydrogens is 494 g/mol. The zero-order valence-electron chi connectivity index (χ0n) is 17.9. The van der Waals surface area contributed by atoms with Gasteiger partial charge < -0.3 is 23.5 Å². The van der Waals surface area contributed by atoms with E-state index in [2.05, 4.69) is 26.5 Å². The normalized spacial score (nSPS) is 13.9. The molecule has 10 heteroatoms. The topological polar surface area (TPSA) is 103 Å². The highest BCUT2D eigenvalue weighted by Gasteiger charge is 2.18. The van der Waals surface area contributed by atoms with Crippen molar-refractivity contribution in [3.05, 3.63) is 58.3 Å². The quantitative estimate of drug-likeness (QED) is 0.382. The van der Waals surface area contributed by atoms with Crippen LogP contribution in [0.1, 0.15) is 16.1 Å². The Kier molecular flexibility index (Phi) is 7.26. The summed E-state index contributed by atoms with van der Waals surface area (Å²) in [6.07, 6.45) is 1.49. The van der Waals surface area contributed by atoms with Crippen molar-refractivity contribution in [2.24, 2.45) is 5.10 Å². The summed E-state index contributed by atoms with van der Waals surface area (Å²) in [4.78, 5) is 26.3. The van der Waals surface area contributed by atoms with Crippen molar-refractivity contribution in [2.75, 3.05) is 40.0 Å². The highest BCUT2D eigenvalue weighted by atomic mass is 79.9. The predicted octanol–water partition coefficient (Wildman–Crippen LogP) is 3.21. The van der Waals surface area contributed by atoms with E-state index in [9.17, 15) is 9.59 Å². The van der Waals surface area contributed by atoms with Gasteiger partial charge >= 0.3 is 5.91 Å². The molecule has 4 rings (SSSR count). The number of carbonyl (C=O) groups is 2. The average molecular weight is 516 g/mol. The minimum absolute atomic E-state index is 0.0512. The van der Waals surface area contributed by atoms with E-state index in [0.717, 1.165) is 10.9 Å². The lowest BCUT2D eigenvalue weighted by atomic mass is 10.2. The van der Waals surface area contributed by atoms with E-state index < -0.39 is 5.91 Å². The van der Waals surface area contributed by atoms with Crippen LogP contribution in [0, 0.1) is 0 Å². The lowest BCUT2D eigenvalue weighted by Crippen LogP contribution is -2.43. The number of halogens is 1. The van der Waals surface area contributed by atoms with Gasteiger partial charge in [-0.3, -0.25) is 9.59 Å². The Balaban J connectivity index is 1.33. The summed E-state index contributed by atoms with van der Waals surface area (Å²) in [7, 11) is 1.54. The molecule has 1 aliphatic heterocycles. The smallest absolute Gasteiger partial charge is 0.307 e. The molecule has 1 saturated heterocycles. The number of amides is 2. The van der Waals surface area contributed by atoms with Crippen LogP contribution in [0.4, 0.5) is 0 Å². The Bertz CT molecular complexity index is 1190. The molecule has 0 unspecified atom stereocenters. The number of morpholine rings is 1. The zero-order valence-corrected chi connectivity index (χ0v) is 19.5. The van der Waals surface area contributed by atoms with Crippen molar-refractivity contribution in [1.29, 1.82) is 0 Å². The largest absolute Gasteiger partial charge is 0.493 e. The molecule has 2 aromatic carbocycles. The lowest BCUT2D eigenvalue weighted by molar-refractivity contribution is -0.137. The van der Waals surface area contributed by atoms with Crippen LogP contribution in [-0.2, 0) is 9.53 Å². The fraction of sp³-hybridized carbons (Fsp3) is 0.261. The molecule has 3 aromatic rings. The molecule has 172 valence electrons. The van der Waals surface area contributed by atoms with Crippen LogP contribution in [0.3, 0.4) is 0 Å². The van der Waals surface area contributed by atoms with E-state index >= 15 is 0 Å². The molecular formula is C23H22BrN3O6. The average Bonchev–Trinajstić information content (AvgIpc) is 3.28. The number of nitrogens with one attached hydrogen (secondary N) is 1. The van der Waals surface area contributed by atoms with Crippen LogP contribution >= 0.6 is 15.9 Å². The van der Waals surface area contributed by atoms with Gasteiger partial charge in [-0.05, 0) is 51.8 Å². The SMILES string of the molecule is COc1cccc2cc(C(=O)N/N=C\c3ccc(OCC(=O)N4CCOCC4)c(Br)c3)oc12. The number of rotatable bonds is 7. The molecule has 0 atom stereocenters. The summed E-state index contributed by atoms with van der Waals surface area (Å²) >= 11 is 3.44. The molecule has 0 saturated carbocycles. The van der Waals surface area contributed by atoms with Crippen molar-refractivity contribution in [3.8, 4) is 11.5 Å². The molecule has 9 nitrogen and oxygen atoms in total. The molecule has 0 radical (unpaired) electrons. The molecule has 0 aliphatic carbocycles. The molecule has 2 amide bonds. The second-order valence-corrected chi connectivity index (χ2v) is 8.01. The molecule has 1 fully saturated rings. The van der Waals surface area contributed by atoms with Crippen molar-refractivity contribution in [3.63, 3.8) is 0 Å². The van der Waals surface area contributed by atoms with E-state index in [1.807, 2.05) is 12.1 Å². The van der Waals surface area contributed by atoms with Gasteiger partial charge in [-0.25, -0.2) is 5.43 Å². The Labute approximate surface area is 198 Å². The van der Waals surface area contributed by atoms with Gasteiger partial charge in [0, 0.05) is 18.5 Å². The van der Waals surface area contributed by atoms with Gasteiger partial charge in [0.1, 0.15) is 5.75 Å². The maximum absolute atomic E-state index is 12.4. The number of hydrazone groups is 1. The summed E-state index contributed by atoms with van der Waals surface area (Å²) < 4.78 is 22.4. The number of carbonyl (C=O) groups excluding carboxylic acids is 2. The van der Waals surface area contributed by atoms with Crippen molar-refractivity contribution >= 4 is 44.9 Å². The maximum Gasteiger partial charge on any atom is 0.307 e. The van der Waals surface area contributed by atoms with Gasteiger partial charge in [0.15, 0.2) is 23.7 Å². The molecule has 1 N–H and O–H groups in total. The van der Waals surface area contributed by atoms with Gasteiger partial charge in [-0.15, -0.1) is 0 Å². The third-order valence-electron chi connectivity index (χ3n) is 5.00. The van der Waals surface area contributed by atoms with Crippen LogP contribution in [0.25, 0.3) is 11.0 Å².